The summed E-state index contributed by atoms with van der Waals surface area (Å²) < 4.78 is 15.6. The SMILES string of the molecule is CC(=O)Oc1ccc2c(=O)c3ccc(OC(C)=O)cc3oc2c1. The van der Waals surface area contributed by atoms with Crippen LogP contribution in [-0.4, -0.2) is 11.9 Å². The number of hydrogen-bond donors (Lipinski definition) is 0. The molecule has 0 aliphatic heterocycles. The summed E-state index contributed by atoms with van der Waals surface area (Å²) in [5.41, 5.74) is 0.340. The van der Waals surface area contributed by atoms with Crippen molar-refractivity contribution in [2.45, 2.75) is 13.8 Å². The van der Waals surface area contributed by atoms with E-state index in [1.54, 1.807) is 12.1 Å². The quantitative estimate of drug-likeness (QED) is 0.411. The van der Waals surface area contributed by atoms with Crippen LogP contribution in [0, 0.1) is 0 Å². The highest BCUT2D eigenvalue weighted by Gasteiger charge is 2.11. The molecule has 0 fully saturated rings. The summed E-state index contributed by atoms with van der Waals surface area (Å²) in [5.74, 6) is -0.374. The lowest BCUT2D eigenvalue weighted by Crippen LogP contribution is -2.05. The smallest absolute Gasteiger partial charge is 0.308 e. The first-order valence-electron chi connectivity index (χ1n) is 6.81. The van der Waals surface area contributed by atoms with Crippen LogP contribution in [-0.2, 0) is 9.59 Å². The van der Waals surface area contributed by atoms with Crippen molar-refractivity contribution in [1.29, 1.82) is 0 Å². The Balaban J connectivity index is 2.21. The van der Waals surface area contributed by atoms with Gasteiger partial charge >= 0.3 is 11.9 Å². The minimum absolute atomic E-state index is 0.218. The number of rotatable bonds is 2. The van der Waals surface area contributed by atoms with Gasteiger partial charge in [0.15, 0.2) is 0 Å². The molecule has 3 rings (SSSR count). The fraction of sp³-hybridized carbons (Fsp3) is 0.118. The number of fused-ring (bicyclic) bond motifs is 2. The number of carbonyl (C=O) groups excluding carboxylic acids is 2. The Kier molecular flexibility index (Phi) is 3.57. The first kappa shape index (κ1) is 14.8. The fourth-order valence-electron chi connectivity index (χ4n) is 2.27. The summed E-state index contributed by atoms with van der Waals surface area (Å²) in [5, 5.41) is 0.738. The van der Waals surface area contributed by atoms with E-state index in [-0.39, 0.29) is 28.1 Å². The van der Waals surface area contributed by atoms with Crippen LogP contribution in [0.2, 0.25) is 0 Å². The van der Waals surface area contributed by atoms with Crippen molar-refractivity contribution in [2.75, 3.05) is 0 Å². The van der Waals surface area contributed by atoms with Crippen LogP contribution in [0.5, 0.6) is 11.5 Å². The predicted molar refractivity (Wildman–Crippen MR) is 82.6 cm³/mol. The maximum Gasteiger partial charge on any atom is 0.308 e. The molecule has 0 saturated carbocycles. The molecule has 0 radical (unpaired) electrons. The number of carbonyl (C=O) groups is 2. The molecule has 0 atom stereocenters. The molecular formula is C17H12O6. The lowest BCUT2D eigenvalue weighted by molar-refractivity contribution is -0.132. The van der Waals surface area contributed by atoms with Crippen LogP contribution in [0.1, 0.15) is 13.8 Å². The van der Waals surface area contributed by atoms with Crippen LogP contribution in [0.25, 0.3) is 21.9 Å². The van der Waals surface area contributed by atoms with Gasteiger partial charge in [-0.25, -0.2) is 0 Å². The fourth-order valence-corrected chi connectivity index (χ4v) is 2.27. The van der Waals surface area contributed by atoms with Crippen molar-refractivity contribution < 1.29 is 23.5 Å². The van der Waals surface area contributed by atoms with Crippen LogP contribution in [0.3, 0.4) is 0 Å². The largest absolute Gasteiger partial charge is 0.456 e. The van der Waals surface area contributed by atoms with Crippen molar-refractivity contribution in [3.05, 3.63) is 46.6 Å². The van der Waals surface area contributed by atoms with Crippen LogP contribution < -0.4 is 14.9 Å². The summed E-state index contributed by atoms with van der Waals surface area (Å²) in [4.78, 5) is 34.5. The predicted octanol–water partition coefficient (Wildman–Crippen LogP) is 2.80. The highest BCUT2D eigenvalue weighted by atomic mass is 16.5. The first-order chi connectivity index (χ1) is 10.9. The maximum absolute atomic E-state index is 12.5. The van der Waals surface area contributed by atoms with E-state index in [4.69, 9.17) is 13.9 Å². The number of hydrogen-bond acceptors (Lipinski definition) is 6. The summed E-state index contributed by atoms with van der Waals surface area (Å²) in [6, 6.07) is 9.07. The average Bonchev–Trinajstić information content (AvgIpc) is 2.45. The summed E-state index contributed by atoms with van der Waals surface area (Å²) in [6.07, 6.45) is 0. The van der Waals surface area contributed by atoms with Gasteiger partial charge in [0.05, 0.1) is 10.8 Å². The van der Waals surface area contributed by atoms with Crippen molar-refractivity contribution in [2.24, 2.45) is 0 Å². The second-order valence-corrected chi connectivity index (χ2v) is 4.93. The molecule has 1 aromatic heterocycles. The second kappa shape index (κ2) is 5.57. The molecule has 116 valence electrons. The molecule has 0 saturated heterocycles. The van der Waals surface area contributed by atoms with Crippen molar-refractivity contribution in [3.8, 4) is 11.5 Å². The van der Waals surface area contributed by atoms with Gasteiger partial charge in [-0.05, 0) is 24.3 Å². The summed E-state index contributed by atoms with van der Waals surface area (Å²) in [6.45, 7) is 2.57. The maximum atomic E-state index is 12.5. The van der Waals surface area contributed by atoms with E-state index < -0.39 is 11.9 Å². The Hall–Kier alpha value is -3.15. The molecule has 0 N–H and O–H groups in total. The van der Waals surface area contributed by atoms with Gasteiger partial charge in [-0.15, -0.1) is 0 Å². The molecule has 3 aromatic rings. The number of ether oxygens (including phenoxy) is 2. The van der Waals surface area contributed by atoms with Gasteiger partial charge in [-0.2, -0.15) is 0 Å². The molecule has 0 aliphatic carbocycles. The van der Waals surface area contributed by atoms with Gasteiger partial charge in [0, 0.05) is 26.0 Å². The lowest BCUT2D eigenvalue weighted by Gasteiger charge is -2.06. The van der Waals surface area contributed by atoms with Crippen LogP contribution in [0.4, 0.5) is 0 Å². The van der Waals surface area contributed by atoms with E-state index in [0.717, 1.165) is 0 Å². The molecule has 0 unspecified atom stereocenters. The zero-order valence-electron chi connectivity index (χ0n) is 12.4. The minimum Gasteiger partial charge on any atom is -0.456 e. The normalized spacial score (nSPS) is 10.7. The Bertz CT molecular complexity index is 922. The van der Waals surface area contributed by atoms with Gasteiger partial charge in [0.1, 0.15) is 22.7 Å². The second-order valence-electron chi connectivity index (χ2n) is 4.93. The number of esters is 2. The Morgan fingerprint density at radius 2 is 1.26 bits per heavy atom. The lowest BCUT2D eigenvalue weighted by atomic mass is 10.1. The Morgan fingerprint density at radius 1 is 0.826 bits per heavy atom. The zero-order valence-corrected chi connectivity index (χ0v) is 12.4. The molecule has 6 nitrogen and oxygen atoms in total. The van der Waals surface area contributed by atoms with E-state index in [1.165, 1.54) is 38.1 Å². The molecule has 23 heavy (non-hydrogen) atoms. The monoisotopic (exact) mass is 312 g/mol. The Morgan fingerprint density at radius 3 is 1.65 bits per heavy atom. The third kappa shape index (κ3) is 2.91. The van der Waals surface area contributed by atoms with Crippen LogP contribution >= 0.6 is 0 Å². The molecule has 0 amide bonds. The third-order valence-corrected chi connectivity index (χ3v) is 3.14. The van der Waals surface area contributed by atoms with E-state index >= 15 is 0 Å². The van der Waals surface area contributed by atoms with E-state index in [2.05, 4.69) is 0 Å². The van der Waals surface area contributed by atoms with Gasteiger partial charge in [-0.3, -0.25) is 14.4 Å². The zero-order chi connectivity index (χ0) is 16.6. The topological polar surface area (TPSA) is 82.8 Å². The molecule has 2 aromatic carbocycles. The van der Waals surface area contributed by atoms with E-state index in [9.17, 15) is 14.4 Å². The molecule has 0 bridgehead atoms. The van der Waals surface area contributed by atoms with Gasteiger partial charge in [0.2, 0.25) is 5.43 Å². The minimum atomic E-state index is -0.468. The van der Waals surface area contributed by atoms with Crippen molar-refractivity contribution in [3.63, 3.8) is 0 Å². The molecule has 6 heteroatoms. The first-order valence-corrected chi connectivity index (χ1v) is 6.81. The van der Waals surface area contributed by atoms with E-state index in [0.29, 0.717) is 10.8 Å². The van der Waals surface area contributed by atoms with Gasteiger partial charge in [-0.1, -0.05) is 0 Å². The molecule has 0 spiro atoms. The summed E-state index contributed by atoms with van der Waals surface area (Å²) in [7, 11) is 0. The third-order valence-electron chi connectivity index (χ3n) is 3.14. The average molecular weight is 312 g/mol. The Labute approximate surface area is 130 Å². The molecular weight excluding hydrogens is 300 g/mol. The standard InChI is InChI=1S/C17H12O6/c1-9(18)21-11-3-5-13-15(7-11)23-16-8-12(22-10(2)19)4-6-14(16)17(13)20/h3-8H,1-2H3. The van der Waals surface area contributed by atoms with Gasteiger partial charge < -0.3 is 13.9 Å². The molecule has 0 aliphatic rings. The van der Waals surface area contributed by atoms with Crippen molar-refractivity contribution in [1.82, 2.24) is 0 Å². The van der Waals surface area contributed by atoms with Gasteiger partial charge in [0.25, 0.3) is 0 Å². The van der Waals surface area contributed by atoms with Crippen molar-refractivity contribution >= 4 is 33.9 Å². The highest BCUT2D eigenvalue weighted by Crippen LogP contribution is 2.25. The summed E-state index contributed by atoms with van der Waals surface area (Å²) >= 11 is 0. The van der Waals surface area contributed by atoms with E-state index in [1.807, 2.05) is 0 Å². The molecule has 1 heterocycles. The number of benzene rings is 2. The van der Waals surface area contributed by atoms with Crippen LogP contribution in [0.15, 0.2) is 45.6 Å². The highest BCUT2D eigenvalue weighted by molar-refractivity contribution is 5.91.